The van der Waals surface area contributed by atoms with Crippen LogP contribution in [0.3, 0.4) is 0 Å². The number of rotatable bonds is 5. The number of ether oxygens (including phenoxy) is 1. The monoisotopic (exact) mass is 308 g/mol. The second-order valence-electron chi connectivity index (χ2n) is 4.86. The molecular weight excluding hydrogens is 292 g/mol. The van der Waals surface area contributed by atoms with Gasteiger partial charge in [0.15, 0.2) is 0 Å². The van der Waals surface area contributed by atoms with Gasteiger partial charge in [-0.2, -0.15) is 5.26 Å². The summed E-state index contributed by atoms with van der Waals surface area (Å²) in [6, 6.07) is 14.8. The van der Waals surface area contributed by atoms with Gasteiger partial charge in [0.25, 0.3) is 5.91 Å². The van der Waals surface area contributed by atoms with Crippen LogP contribution in [-0.2, 0) is 4.74 Å². The zero-order chi connectivity index (χ0) is 16.7. The molecule has 0 heterocycles. The Hall–Kier alpha value is -3.13. The highest BCUT2D eigenvalue weighted by molar-refractivity contribution is 6.04. The van der Waals surface area contributed by atoms with Crippen LogP contribution in [0.15, 0.2) is 48.5 Å². The van der Waals surface area contributed by atoms with Gasteiger partial charge in [-0.05, 0) is 55.0 Å². The van der Waals surface area contributed by atoms with E-state index < -0.39 is 0 Å². The van der Waals surface area contributed by atoms with Crippen LogP contribution < -0.4 is 5.32 Å². The maximum atomic E-state index is 12.1. The fourth-order valence-corrected chi connectivity index (χ4v) is 1.87. The number of esters is 1. The predicted octanol–water partition coefficient (Wildman–Crippen LogP) is 3.38. The zero-order valence-electron chi connectivity index (χ0n) is 12.7. The van der Waals surface area contributed by atoms with Gasteiger partial charge in [0, 0.05) is 11.3 Å². The van der Waals surface area contributed by atoms with Crippen LogP contribution in [0, 0.1) is 11.3 Å². The zero-order valence-corrected chi connectivity index (χ0v) is 12.7. The number of hydrogen-bond acceptors (Lipinski definition) is 4. The third-order valence-corrected chi connectivity index (χ3v) is 3.09. The number of benzene rings is 2. The molecule has 0 aromatic heterocycles. The van der Waals surface area contributed by atoms with Crippen molar-refractivity contribution >= 4 is 17.6 Å². The lowest BCUT2D eigenvalue weighted by atomic mass is 10.1. The highest BCUT2D eigenvalue weighted by Gasteiger charge is 2.09. The topological polar surface area (TPSA) is 79.2 Å². The lowest BCUT2D eigenvalue weighted by molar-refractivity contribution is 0.0505. The number of carbonyl (C=O) groups excluding carboxylic acids is 2. The summed E-state index contributed by atoms with van der Waals surface area (Å²) in [5.74, 6) is -0.660. The van der Waals surface area contributed by atoms with E-state index in [1.54, 1.807) is 48.5 Å². The minimum absolute atomic E-state index is 0.282. The first-order chi connectivity index (χ1) is 11.1. The first-order valence-corrected chi connectivity index (χ1v) is 7.22. The first-order valence-electron chi connectivity index (χ1n) is 7.22. The number of amides is 1. The quantitative estimate of drug-likeness (QED) is 0.859. The molecule has 0 aliphatic rings. The largest absolute Gasteiger partial charge is 0.462 e. The Morgan fingerprint density at radius 1 is 1.04 bits per heavy atom. The molecule has 1 N–H and O–H groups in total. The number of anilines is 1. The van der Waals surface area contributed by atoms with Crippen molar-refractivity contribution in [2.75, 3.05) is 11.9 Å². The van der Waals surface area contributed by atoms with Gasteiger partial charge >= 0.3 is 5.97 Å². The second-order valence-corrected chi connectivity index (χ2v) is 4.86. The molecule has 5 heteroatoms. The van der Waals surface area contributed by atoms with Gasteiger partial charge in [-0.15, -0.1) is 0 Å². The number of nitriles is 1. The van der Waals surface area contributed by atoms with Gasteiger partial charge in [-0.3, -0.25) is 4.79 Å². The van der Waals surface area contributed by atoms with Crippen molar-refractivity contribution in [1.29, 1.82) is 5.26 Å². The smallest absolute Gasteiger partial charge is 0.338 e. The molecule has 5 nitrogen and oxygen atoms in total. The molecule has 0 saturated carbocycles. The SMILES string of the molecule is CCCOC(=O)c1ccc(NC(=O)c2ccc(C#N)cc2)cc1. The summed E-state index contributed by atoms with van der Waals surface area (Å²) in [5.41, 5.74) is 1.97. The van der Waals surface area contributed by atoms with Gasteiger partial charge in [-0.25, -0.2) is 4.79 Å². The van der Waals surface area contributed by atoms with E-state index in [-0.39, 0.29) is 11.9 Å². The first kappa shape index (κ1) is 16.2. The Kier molecular flexibility index (Phi) is 5.48. The van der Waals surface area contributed by atoms with Crippen molar-refractivity contribution in [3.63, 3.8) is 0 Å². The second kappa shape index (κ2) is 7.76. The summed E-state index contributed by atoms with van der Waals surface area (Å²) in [6.45, 7) is 2.31. The van der Waals surface area contributed by atoms with Gasteiger partial charge in [0.2, 0.25) is 0 Å². The van der Waals surface area contributed by atoms with Crippen molar-refractivity contribution in [2.24, 2.45) is 0 Å². The molecule has 0 aliphatic carbocycles. The molecule has 0 aliphatic heterocycles. The average Bonchev–Trinajstić information content (AvgIpc) is 2.60. The Morgan fingerprint density at radius 3 is 2.22 bits per heavy atom. The van der Waals surface area contributed by atoms with E-state index in [0.717, 1.165) is 6.42 Å². The van der Waals surface area contributed by atoms with E-state index in [4.69, 9.17) is 10.00 Å². The summed E-state index contributed by atoms with van der Waals surface area (Å²) in [5, 5.41) is 11.5. The van der Waals surface area contributed by atoms with Crippen LogP contribution in [0.5, 0.6) is 0 Å². The van der Waals surface area contributed by atoms with Crippen LogP contribution in [0.1, 0.15) is 39.6 Å². The molecule has 1 amide bonds. The molecule has 2 aromatic carbocycles. The lowest BCUT2D eigenvalue weighted by Gasteiger charge is -2.07. The molecule has 0 fully saturated rings. The molecule has 2 rings (SSSR count). The van der Waals surface area contributed by atoms with Crippen LogP contribution in [0.2, 0.25) is 0 Å². The molecule has 2 aromatic rings. The normalized spacial score (nSPS) is 9.74. The third-order valence-electron chi connectivity index (χ3n) is 3.09. The van der Waals surface area contributed by atoms with Crippen molar-refractivity contribution in [3.05, 3.63) is 65.2 Å². The van der Waals surface area contributed by atoms with E-state index in [0.29, 0.717) is 29.0 Å². The van der Waals surface area contributed by atoms with Crippen LogP contribution in [0.25, 0.3) is 0 Å². The molecule has 0 unspecified atom stereocenters. The molecule has 0 saturated heterocycles. The minimum Gasteiger partial charge on any atom is -0.462 e. The summed E-state index contributed by atoms with van der Waals surface area (Å²) in [4.78, 5) is 23.8. The van der Waals surface area contributed by atoms with Crippen molar-refractivity contribution in [1.82, 2.24) is 0 Å². The summed E-state index contributed by atoms with van der Waals surface area (Å²) in [6.07, 6.45) is 0.768. The van der Waals surface area contributed by atoms with Crippen molar-refractivity contribution in [2.45, 2.75) is 13.3 Å². The number of nitrogens with zero attached hydrogens (tertiary/aromatic N) is 1. The number of hydrogen-bond donors (Lipinski definition) is 1. The van der Waals surface area contributed by atoms with Crippen molar-refractivity contribution < 1.29 is 14.3 Å². The van der Waals surface area contributed by atoms with Crippen LogP contribution in [0.4, 0.5) is 5.69 Å². The highest BCUT2D eigenvalue weighted by Crippen LogP contribution is 2.13. The lowest BCUT2D eigenvalue weighted by Crippen LogP contribution is -2.12. The Bertz CT molecular complexity index is 728. The standard InChI is InChI=1S/C18H16N2O3/c1-2-11-23-18(22)15-7-9-16(10-8-15)20-17(21)14-5-3-13(12-19)4-6-14/h3-10H,2,11H2,1H3,(H,20,21). The van der Waals surface area contributed by atoms with Crippen molar-refractivity contribution in [3.8, 4) is 6.07 Å². The maximum Gasteiger partial charge on any atom is 0.338 e. The minimum atomic E-state index is -0.378. The molecule has 116 valence electrons. The summed E-state index contributed by atoms with van der Waals surface area (Å²) in [7, 11) is 0. The van der Waals surface area contributed by atoms with E-state index >= 15 is 0 Å². The van der Waals surface area contributed by atoms with Crippen LogP contribution in [-0.4, -0.2) is 18.5 Å². The Labute approximate surface area is 134 Å². The van der Waals surface area contributed by atoms with E-state index in [1.807, 2.05) is 13.0 Å². The van der Waals surface area contributed by atoms with Crippen LogP contribution >= 0.6 is 0 Å². The van der Waals surface area contributed by atoms with Gasteiger partial charge < -0.3 is 10.1 Å². The van der Waals surface area contributed by atoms with E-state index in [9.17, 15) is 9.59 Å². The Balaban J connectivity index is 2.01. The van der Waals surface area contributed by atoms with Gasteiger partial charge in [0.1, 0.15) is 0 Å². The molecular formula is C18H16N2O3. The molecule has 0 atom stereocenters. The van der Waals surface area contributed by atoms with Gasteiger partial charge in [-0.1, -0.05) is 6.92 Å². The van der Waals surface area contributed by atoms with Gasteiger partial charge in [0.05, 0.1) is 23.8 Å². The summed E-state index contributed by atoms with van der Waals surface area (Å²) < 4.78 is 5.04. The number of carbonyl (C=O) groups is 2. The molecule has 0 radical (unpaired) electrons. The molecule has 23 heavy (non-hydrogen) atoms. The van der Waals surface area contributed by atoms with E-state index in [1.165, 1.54) is 0 Å². The fraction of sp³-hybridized carbons (Fsp3) is 0.167. The molecule has 0 spiro atoms. The summed E-state index contributed by atoms with van der Waals surface area (Å²) >= 11 is 0. The molecule has 0 bridgehead atoms. The third kappa shape index (κ3) is 4.42. The Morgan fingerprint density at radius 2 is 1.65 bits per heavy atom. The highest BCUT2D eigenvalue weighted by atomic mass is 16.5. The maximum absolute atomic E-state index is 12.1. The predicted molar refractivity (Wildman–Crippen MR) is 86.1 cm³/mol. The average molecular weight is 308 g/mol. The van der Waals surface area contributed by atoms with E-state index in [2.05, 4.69) is 5.32 Å². The fourth-order valence-electron chi connectivity index (χ4n) is 1.87. The number of nitrogens with one attached hydrogen (secondary N) is 1.